The van der Waals surface area contributed by atoms with Crippen molar-refractivity contribution in [1.82, 2.24) is 14.5 Å². The van der Waals surface area contributed by atoms with Gasteiger partial charge in [0.15, 0.2) is 0 Å². The minimum Gasteiger partial charge on any atom is -0.508 e. The number of rotatable bonds is 0. The van der Waals surface area contributed by atoms with Crippen molar-refractivity contribution in [2.75, 3.05) is 0 Å². The molecule has 1 N–H and O–H groups in total. The molecular formula is C15H11N3O. The molecular weight excluding hydrogens is 238 g/mol. The maximum atomic E-state index is 9.67. The lowest BCUT2D eigenvalue weighted by Gasteiger charge is -1.98. The summed E-state index contributed by atoms with van der Waals surface area (Å²) in [5, 5.41) is 11.7. The zero-order valence-corrected chi connectivity index (χ0v) is 10.3. The quantitative estimate of drug-likeness (QED) is 0.521. The van der Waals surface area contributed by atoms with Gasteiger partial charge < -0.3 is 9.67 Å². The number of aromatic hydroxyl groups is 1. The highest BCUT2D eigenvalue weighted by molar-refractivity contribution is 6.09. The fourth-order valence-corrected chi connectivity index (χ4v) is 2.59. The molecule has 0 spiro atoms. The lowest BCUT2D eigenvalue weighted by atomic mass is 10.1. The van der Waals surface area contributed by atoms with Crippen LogP contribution in [-0.4, -0.2) is 19.6 Å². The van der Waals surface area contributed by atoms with Crippen molar-refractivity contribution >= 4 is 33.0 Å². The number of hydrogen-bond donors (Lipinski definition) is 1. The molecule has 0 atom stereocenters. The standard InChI is InChI=1S/C15H11N3O/c1-18-14-5-4-9(19)7-10(14)11-8-13-12(17-15(11)18)3-2-6-16-13/h2-8,19H,1H3. The molecule has 4 heteroatoms. The molecule has 3 heterocycles. The van der Waals surface area contributed by atoms with E-state index in [1.807, 2.05) is 35.9 Å². The second kappa shape index (κ2) is 3.45. The Balaban J connectivity index is 2.30. The van der Waals surface area contributed by atoms with Gasteiger partial charge in [-0.05, 0) is 36.4 Å². The van der Waals surface area contributed by atoms with Gasteiger partial charge in [-0.1, -0.05) is 0 Å². The molecule has 0 aliphatic carbocycles. The summed E-state index contributed by atoms with van der Waals surface area (Å²) in [6.07, 6.45) is 1.76. The van der Waals surface area contributed by atoms with Crippen LogP contribution in [0, 0.1) is 0 Å². The van der Waals surface area contributed by atoms with E-state index < -0.39 is 0 Å². The van der Waals surface area contributed by atoms with E-state index in [4.69, 9.17) is 0 Å². The molecule has 1 aromatic carbocycles. The number of fused-ring (bicyclic) bond motifs is 4. The van der Waals surface area contributed by atoms with Crippen molar-refractivity contribution < 1.29 is 5.11 Å². The molecule has 0 saturated heterocycles. The van der Waals surface area contributed by atoms with Crippen molar-refractivity contribution in [1.29, 1.82) is 0 Å². The molecule has 0 radical (unpaired) electrons. The van der Waals surface area contributed by atoms with E-state index in [0.29, 0.717) is 0 Å². The van der Waals surface area contributed by atoms with Gasteiger partial charge in [-0.2, -0.15) is 0 Å². The van der Waals surface area contributed by atoms with Gasteiger partial charge in [0.05, 0.1) is 16.6 Å². The summed E-state index contributed by atoms with van der Waals surface area (Å²) >= 11 is 0. The third-order valence-electron chi connectivity index (χ3n) is 3.51. The Labute approximate surface area is 108 Å². The highest BCUT2D eigenvalue weighted by atomic mass is 16.3. The topological polar surface area (TPSA) is 50.9 Å². The molecule has 4 aromatic rings. The van der Waals surface area contributed by atoms with Crippen molar-refractivity contribution in [2.24, 2.45) is 7.05 Å². The fourth-order valence-electron chi connectivity index (χ4n) is 2.59. The van der Waals surface area contributed by atoms with Crippen LogP contribution >= 0.6 is 0 Å². The molecule has 0 saturated carbocycles. The Morgan fingerprint density at radius 1 is 1.05 bits per heavy atom. The van der Waals surface area contributed by atoms with E-state index in [2.05, 4.69) is 9.97 Å². The van der Waals surface area contributed by atoms with E-state index >= 15 is 0 Å². The molecule has 0 amide bonds. The maximum absolute atomic E-state index is 9.67. The van der Waals surface area contributed by atoms with Gasteiger partial charge in [0.2, 0.25) is 0 Å². The van der Waals surface area contributed by atoms with Crippen LogP contribution in [0.4, 0.5) is 0 Å². The van der Waals surface area contributed by atoms with E-state index in [1.54, 1.807) is 18.3 Å². The number of aromatic nitrogens is 3. The fraction of sp³-hybridized carbons (Fsp3) is 0.0667. The SMILES string of the molecule is Cn1c2ccc(O)cc2c2cc3ncccc3nc21. The molecule has 4 rings (SSSR count). The summed E-state index contributed by atoms with van der Waals surface area (Å²) in [6.45, 7) is 0. The lowest BCUT2D eigenvalue weighted by molar-refractivity contribution is 0.476. The number of phenolic OH excluding ortho intramolecular Hbond substituents is 1. The third-order valence-corrected chi connectivity index (χ3v) is 3.51. The normalized spacial score (nSPS) is 11.6. The van der Waals surface area contributed by atoms with Gasteiger partial charge >= 0.3 is 0 Å². The Morgan fingerprint density at radius 3 is 2.84 bits per heavy atom. The van der Waals surface area contributed by atoms with E-state index in [1.165, 1.54) is 0 Å². The van der Waals surface area contributed by atoms with Gasteiger partial charge in [0.25, 0.3) is 0 Å². The summed E-state index contributed by atoms with van der Waals surface area (Å²) in [4.78, 5) is 9.00. The van der Waals surface area contributed by atoms with E-state index in [9.17, 15) is 5.11 Å². The summed E-state index contributed by atoms with van der Waals surface area (Å²) < 4.78 is 2.04. The van der Waals surface area contributed by atoms with Crippen LogP contribution in [0.3, 0.4) is 0 Å². The molecule has 0 unspecified atom stereocenters. The van der Waals surface area contributed by atoms with Gasteiger partial charge in [-0.25, -0.2) is 4.98 Å². The number of phenols is 1. The van der Waals surface area contributed by atoms with Crippen molar-refractivity contribution in [2.45, 2.75) is 0 Å². The Morgan fingerprint density at radius 2 is 1.95 bits per heavy atom. The third kappa shape index (κ3) is 1.34. The minimum absolute atomic E-state index is 0.265. The van der Waals surface area contributed by atoms with Gasteiger partial charge in [-0.15, -0.1) is 0 Å². The smallest absolute Gasteiger partial charge is 0.141 e. The molecule has 3 aromatic heterocycles. The predicted octanol–water partition coefficient (Wildman–Crippen LogP) is 2.98. The highest BCUT2D eigenvalue weighted by Crippen LogP contribution is 2.31. The average molecular weight is 249 g/mol. The first kappa shape index (κ1) is 10.3. The van der Waals surface area contributed by atoms with Gasteiger partial charge in [0.1, 0.15) is 11.4 Å². The summed E-state index contributed by atoms with van der Waals surface area (Å²) in [6, 6.07) is 11.2. The monoisotopic (exact) mass is 249 g/mol. The van der Waals surface area contributed by atoms with Gasteiger partial charge in [-0.3, -0.25) is 4.98 Å². The molecule has 0 aliphatic rings. The van der Waals surface area contributed by atoms with Crippen LogP contribution in [0.1, 0.15) is 0 Å². The van der Waals surface area contributed by atoms with Crippen LogP contribution in [-0.2, 0) is 7.05 Å². The van der Waals surface area contributed by atoms with E-state index in [-0.39, 0.29) is 5.75 Å². The molecule has 0 bridgehead atoms. The van der Waals surface area contributed by atoms with Crippen LogP contribution in [0.2, 0.25) is 0 Å². The molecule has 0 aliphatic heterocycles. The first-order valence-corrected chi connectivity index (χ1v) is 6.07. The summed E-state index contributed by atoms with van der Waals surface area (Å²) in [5.74, 6) is 0.265. The maximum Gasteiger partial charge on any atom is 0.141 e. The zero-order chi connectivity index (χ0) is 13.0. The first-order valence-electron chi connectivity index (χ1n) is 6.07. The van der Waals surface area contributed by atoms with Crippen LogP contribution in [0.15, 0.2) is 42.6 Å². The first-order chi connectivity index (χ1) is 9.24. The second-order valence-corrected chi connectivity index (χ2v) is 4.66. The van der Waals surface area contributed by atoms with Crippen molar-refractivity contribution in [3.63, 3.8) is 0 Å². The number of benzene rings is 1. The summed E-state index contributed by atoms with van der Waals surface area (Å²) in [5.41, 5.74) is 3.70. The molecule has 4 nitrogen and oxygen atoms in total. The Hall–Kier alpha value is -2.62. The Kier molecular flexibility index (Phi) is 1.87. The lowest BCUT2D eigenvalue weighted by Crippen LogP contribution is -1.90. The van der Waals surface area contributed by atoms with Crippen LogP contribution in [0.25, 0.3) is 33.0 Å². The van der Waals surface area contributed by atoms with E-state index in [0.717, 1.165) is 33.0 Å². The Bertz CT molecular complexity index is 940. The number of hydrogen-bond acceptors (Lipinski definition) is 3. The minimum atomic E-state index is 0.265. The highest BCUT2D eigenvalue weighted by Gasteiger charge is 2.11. The zero-order valence-electron chi connectivity index (χ0n) is 10.3. The van der Waals surface area contributed by atoms with Crippen molar-refractivity contribution in [3.8, 4) is 5.75 Å². The van der Waals surface area contributed by atoms with Gasteiger partial charge in [0, 0.05) is 24.0 Å². The molecule has 0 fully saturated rings. The second-order valence-electron chi connectivity index (χ2n) is 4.66. The van der Waals surface area contributed by atoms with Crippen LogP contribution in [0.5, 0.6) is 5.75 Å². The average Bonchev–Trinajstić information content (AvgIpc) is 2.69. The number of nitrogens with zero attached hydrogens (tertiary/aromatic N) is 3. The van der Waals surface area contributed by atoms with Crippen molar-refractivity contribution in [3.05, 3.63) is 42.6 Å². The largest absolute Gasteiger partial charge is 0.508 e. The number of aryl methyl sites for hydroxylation is 1. The number of pyridine rings is 2. The predicted molar refractivity (Wildman–Crippen MR) is 75.2 cm³/mol. The summed E-state index contributed by atoms with van der Waals surface area (Å²) in [7, 11) is 1.98. The van der Waals surface area contributed by atoms with Crippen LogP contribution < -0.4 is 0 Å². The molecule has 92 valence electrons. The molecule has 19 heavy (non-hydrogen) atoms.